The number of pyridine rings is 1. The number of halogens is 1. The second-order valence-corrected chi connectivity index (χ2v) is 3.47. The van der Waals surface area contributed by atoms with E-state index in [-0.39, 0.29) is 6.61 Å². The first kappa shape index (κ1) is 10.0. The van der Waals surface area contributed by atoms with Crippen LogP contribution in [0.15, 0.2) is 18.3 Å². The second-order valence-electron chi connectivity index (χ2n) is 2.24. The van der Waals surface area contributed by atoms with Gasteiger partial charge in [0, 0.05) is 6.20 Å². The normalized spacial score (nSPS) is 11.5. The number of nitrogens with two attached hydrogens (primary N) is 1. The Kier molecular flexibility index (Phi) is 2.91. The monoisotopic (exact) mass is 206 g/mol. The highest BCUT2D eigenvalue weighted by Gasteiger charge is 2.03. The Labute approximate surface area is 74.6 Å². The van der Waals surface area contributed by atoms with Crippen LogP contribution in [0.25, 0.3) is 0 Å². The maximum absolute atomic E-state index is 12.3. The molecule has 0 saturated heterocycles. The molecule has 0 amide bonds. The van der Waals surface area contributed by atoms with E-state index in [1.807, 2.05) is 0 Å². The molecule has 0 atom stereocenters. The molecule has 0 spiro atoms. The van der Waals surface area contributed by atoms with E-state index in [4.69, 9.17) is 0 Å². The molecule has 1 heterocycles. The molecule has 0 aliphatic carbocycles. The zero-order valence-electron chi connectivity index (χ0n) is 6.47. The lowest BCUT2D eigenvalue weighted by molar-refractivity contribution is 0.308. The van der Waals surface area contributed by atoms with Crippen LogP contribution < -0.4 is 5.14 Å². The first-order chi connectivity index (χ1) is 5.97. The quantitative estimate of drug-likeness (QED) is 0.702. The number of hydrogen-bond acceptors (Lipinski definition) is 4. The van der Waals surface area contributed by atoms with Crippen LogP contribution in [0.5, 0.6) is 0 Å². The topological polar surface area (TPSA) is 82.3 Å². The van der Waals surface area contributed by atoms with Crippen molar-refractivity contribution < 1.29 is 17.0 Å². The summed E-state index contributed by atoms with van der Waals surface area (Å²) in [7, 11) is -3.95. The predicted octanol–water partition coefficient (Wildman–Crippen LogP) is -0.0592. The molecular formula is C6H7FN2O3S. The minimum absolute atomic E-state index is 0.244. The molecule has 0 radical (unpaired) electrons. The van der Waals surface area contributed by atoms with Crippen molar-refractivity contribution in [3.8, 4) is 0 Å². The maximum atomic E-state index is 12.3. The van der Waals surface area contributed by atoms with E-state index in [9.17, 15) is 12.8 Å². The summed E-state index contributed by atoms with van der Waals surface area (Å²) in [5, 5.41) is 4.57. The minimum atomic E-state index is -3.95. The molecule has 1 aromatic rings. The van der Waals surface area contributed by atoms with Gasteiger partial charge >= 0.3 is 10.3 Å². The zero-order chi connectivity index (χ0) is 9.90. The van der Waals surface area contributed by atoms with Crippen molar-refractivity contribution in [2.24, 2.45) is 5.14 Å². The van der Waals surface area contributed by atoms with E-state index in [0.29, 0.717) is 5.56 Å². The van der Waals surface area contributed by atoms with E-state index >= 15 is 0 Å². The van der Waals surface area contributed by atoms with Gasteiger partial charge in [0.25, 0.3) is 0 Å². The summed E-state index contributed by atoms with van der Waals surface area (Å²) in [5.74, 6) is -0.639. The predicted molar refractivity (Wildman–Crippen MR) is 42.1 cm³/mol. The third-order valence-corrected chi connectivity index (χ3v) is 1.62. The molecule has 72 valence electrons. The molecule has 0 aliphatic rings. The number of rotatable bonds is 3. The van der Waals surface area contributed by atoms with E-state index in [1.165, 1.54) is 12.3 Å². The van der Waals surface area contributed by atoms with Crippen LogP contribution in [0, 0.1) is 5.95 Å². The van der Waals surface area contributed by atoms with Gasteiger partial charge in [-0.15, -0.1) is 0 Å². The number of hydrogen-bond donors (Lipinski definition) is 1. The summed E-state index contributed by atoms with van der Waals surface area (Å²) < 4.78 is 37.2. The Balaban J connectivity index is 2.61. The molecule has 0 aliphatic heterocycles. The molecule has 0 unspecified atom stereocenters. The number of nitrogens with zero attached hydrogens (tertiary/aromatic N) is 1. The first-order valence-corrected chi connectivity index (χ1v) is 4.72. The lowest BCUT2D eigenvalue weighted by atomic mass is 10.3. The van der Waals surface area contributed by atoms with E-state index < -0.39 is 16.3 Å². The van der Waals surface area contributed by atoms with Gasteiger partial charge in [-0.2, -0.15) is 12.8 Å². The highest BCUT2D eigenvalue weighted by molar-refractivity contribution is 7.84. The van der Waals surface area contributed by atoms with Crippen molar-refractivity contribution in [3.63, 3.8) is 0 Å². The van der Waals surface area contributed by atoms with E-state index in [2.05, 4.69) is 14.3 Å². The van der Waals surface area contributed by atoms with Gasteiger partial charge in [-0.1, -0.05) is 6.07 Å². The fourth-order valence-electron chi connectivity index (χ4n) is 0.642. The van der Waals surface area contributed by atoms with Gasteiger partial charge < -0.3 is 0 Å². The first-order valence-electron chi connectivity index (χ1n) is 3.25. The van der Waals surface area contributed by atoms with Crippen LogP contribution in [-0.4, -0.2) is 13.4 Å². The Morgan fingerprint density at radius 1 is 1.54 bits per heavy atom. The smallest absolute Gasteiger partial charge is 0.253 e. The van der Waals surface area contributed by atoms with Gasteiger partial charge in [-0.25, -0.2) is 10.1 Å². The van der Waals surface area contributed by atoms with Gasteiger partial charge in [-0.3, -0.25) is 4.18 Å². The standard InChI is InChI=1S/C6H7FN2O3S/c7-6-2-1-5(3-9-6)4-12-13(8,10)11/h1-3H,4H2,(H2,8,10,11). The van der Waals surface area contributed by atoms with Gasteiger partial charge in [0.05, 0.1) is 6.61 Å². The van der Waals surface area contributed by atoms with E-state index in [0.717, 1.165) is 6.07 Å². The third kappa shape index (κ3) is 3.92. The van der Waals surface area contributed by atoms with Crippen molar-refractivity contribution in [3.05, 3.63) is 29.8 Å². The molecular weight excluding hydrogens is 199 g/mol. The molecule has 0 aromatic carbocycles. The average Bonchev–Trinajstić information content (AvgIpc) is 2.02. The molecule has 1 aromatic heterocycles. The Morgan fingerprint density at radius 2 is 2.23 bits per heavy atom. The van der Waals surface area contributed by atoms with Gasteiger partial charge in [-0.05, 0) is 11.6 Å². The molecule has 0 fully saturated rings. The lowest BCUT2D eigenvalue weighted by Gasteiger charge is -1.99. The van der Waals surface area contributed by atoms with Gasteiger partial charge in [0.1, 0.15) is 0 Å². The maximum Gasteiger partial charge on any atom is 0.333 e. The molecule has 0 bridgehead atoms. The van der Waals surface area contributed by atoms with Crippen molar-refractivity contribution in [2.75, 3.05) is 0 Å². The van der Waals surface area contributed by atoms with Crippen LogP contribution in [0.4, 0.5) is 4.39 Å². The van der Waals surface area contributed by atoms with E-state index in [1.54, 1.807) is 0 Å². The molecule has 2 N–H and O–H groups in total. The lowest BCUT2D eigenvalue weighted by Crippen LogP contribution is -2.15. The highest BCUT2D eigenvalue weighted by atomic mass is 32.2. The molecule has 7 heteroatoms. The SMILES string of the molecule is NS(=O)(=O)OCc1ccc(F)nc1. The van der Waals surface area contributed by atoms with Gasteiger partial charge in [0.2, 0.25) is 5.95 Å². The van der Waals surface area contributed by atoms with Crippen LogP contribution in [0.3, 0.4) is 0 Å². The van der Waals surface area contributed by atoms with Crippen LogP contribution >= 0.6 is 0 Å². The zero-order valence-corrected chi connectivity index (χ0v) is 7.29. The highest BCUT2D eigenvalue weighted by Crippen LogP contribution is 2.01. The Hall–Kier alpha value is -1.05. The fourth-order valence-corrected chi connectivity index (χ4v) is 0.942. The fraction of sp³-hybridized carbons (Fsp3) is 0.167. The summed E-state index contributed by atoms with van der Waals surface area (Å²) in [6.07, 6.45) is 1.17. The van der Waals surface area contributed by atoms with Crippen molar-refractivity contribution in [1.29, 1.82) is 0 Å². The molecule has 1 rings (SSSR count). The summed E-state index contributed by atoms with van der Waals surface area (Å²) >= 11 is 0. The molecule has 0 saturated carbocycles. The largest absolute Gasteiger partial charge is 0.333 e. The third-order valence-electron chi connectivity index (χ3n) is 1.18. The number of aromatic nitrogens is 1. The summed E-state index contributed by atoms with van der Waals surface area (Å²) in [5.41, 5.74) is 0.426. The second kappa shape index (κ2) is 3.77. The minimum Gasteiger partial charge on any atom is -0.253 e. The van der Waals surface area contributed by atoms with Gasteiger partial charge in [0.15, 0.2) is 0 Å². The molecule has 13 heavy (non-hydrogen) atoms. The summed E-state index contributed by atoms with van der Waals surface area (Å²) in [4.78, 5) is 3.30. The Bertz CT molecular complexity index is 375. The van der Waals surface area contributed by atoms with Crippen molar-refractivity contribution in [2.45, 2.75) is 6.61 Å². The van der Waals surface area contributed by atoms with Crippen molar-refractivity contribution in [1.82, 2.24) is 4.98 Å². The molecule has 5 nitrogen and oxygen atoms in total. The Morgan fingerprint density at radius 3 is 2.69 bits per heavy atom. The van der Waals surface area contributed by atoms with Crippen LogP contribution in [0.1, 0.15) is 5.56 Å². The average molecular weight is 206 g/mol. The van der Waals surface area contributed by atoms with Crippen LogP contribution in [0.2, 0.25) is 0 Å². The summed E-state index contributed by atoms with van der Waals surface area (Å²) in [6, 6.07) is 2.45. The van der Waals surface area contributed by atoms with Crippen molar-refractivity contribution >= 4 is 10.3 Å². The summed E-state index contributed by atoms with van der Waals surface area (Å²) in [6.45, 7) is -0.244. The van der Waals surface area contributed by atoms with Crippen LogP contribution in [-0.2, 0) is 21.1 Å².